The highest BCUT2D eigenvalue weighted by Gasteiger charge is 2.64. The number of rotatable bonds is 2. The van der Waals surface area contributed by atoms with Crippen molar-refractivity contribution in [1.82, 2.24) is 14.7 Å². The van der Waals surface area contributed by atoms with Crippen LogP contribution in [0.1, 0.15) is 40.0 Å². The van der Waals surface area contributed by atoms with Gasteiger partial charge in [-0.2, -0.15) is 0 Å². The number of hydrogen-bond donors (Lipinski definition) is 1. The Kier molecular flexibility index (Phi) is 3.81. The van der Waals surface area contributed by atoms with Crippen molar-refractivity contribution in [2.45, 2.75) is 45.6 Å². The molecular formula is C17H27N3O4. The molecule has 0 bridgehead atoms. The second-order valence-electron chi connectivity index (χ2n) is 8.52. The fraction of sp³-hybridized carbons (Fsp3) is 0.824. The number of carbonyl (C=O) groups is 3. The van der Waals surface area contributed by atoms with E-state index in [-0.39, 0.29) is 36.4 Å². The van der Waals surface area contributed by atoms with E-state index >= 15 is 0 Å². The topological polar surface area (TPSA) is 81.2 Å². The number of likely N-dealkylation sites (tertiary alicyclic amines) is 1. The highest BCUT2D eigenvalue weighted by atomic mass is 16.4. The first kappa shape index (κ1) is 17.0. The molecule has 24 heavy (non-hydrogen) atoms. The molecule has 134 valence electrons. The molecule has 1 saturated carbocycles. The summed E-state index contributed by atoms with van der Waals surface area (Å²) in [6.07, 6.45) is 1.61. The molecule has 3 aliphatic rings. The number of carboxylic acid groups (broad SMARTS) is 1. The average molecular weight is 337 g/mol. The molecule has 3 fully saturated rings. The van der Waals surface area contributed by atoms with Gasteiger partial charge >= 0.3 is 12.1 Å². The lowest BCUT2D eigenvalue weighted by molar-refractivity contribution is -0.142. The summed E-state index contributed by atoms with van der Waals surface area (Å²) in [4.78, 5) is 41.7. The van der Waals surface area contributed by atoms with Crippen LogP contribution < -0.4 is 0 Å². The molecule has 0 aromatic heterocycles. The van der Waals surface area contributed by atoms with Gasteiger partial charge in [0.2, 0.25) is 0 Å². The minimum absolute atomic E-state index is 0.168. The molecule has 2 unspecified atom stereocenters. The SMILES string of the molecule is CN1C(=O)N(CC2CC2)C2(CCN(C(=O)O)CC2C(C)(C)C)C1=O. The molecule has 0 aromatic carbocycles. The van der Waals surface area contributed by atoms with E-state index in [2.05, 4.69) is 0 Å². The van der Waals surface area contributed by atoms with Crippen molar-refractivity contribution in [1.29, 1.82) is 0 Å². The standard InChI is InChI=1S/C17H27N3O4/c1-16(2,3)12-10-19(15(23)24)8-7-17(12)13(21)18(4)14(22)20(17)9-11-5-6-11/h11-12H,5-10H2,1-4H3,(H,23,24). The van der Waals surface area contributed by atoms with Crippen molar-refractivity contribution in [2.24, 2.45) is 17.3 Å². The van der Waals surface area contributed by atoms with E-state index in [9.17, 15) is 19.5 Å². The summed E-state index contributed by atoms with van der Waals surface area (Å²) >= 11 is 0. The van der Waals surface area contributed by atoms with Crippen LogP contribution in [0.2, 0.25) is 0 Å². The zero-order valence-electron chi connectivity index (χ0n) is 14.9. The molecule has 4 amide bonds. The third kappa shape index (κ3) is 2.45. The maximum atomic E-state index is 13.1. The fourth-order valence-corrected chi connectivity index (χ4v) is 4.33. The Morgan fingerprint density at radius 3 is 2.42 bits per heavy atom. The lowest BCUT2D eigenvalue weighted by Crippen LogP contribution is -2.66. The molecule has 1 spiro atoms. The summed E-state index contributed by atoms with van der Waals surface area (Å²) < 4.78 is 0. The molecule has 2 atom stereocenters. The van der Waals surface area contributed by atoms with Gasteiger partial charge in [-0.05, 0) is 30.6 Å². The van der Waals surface area contributed by atoms with Crippen LogP contribution in [0, 0.1) is 17.3 Å². The van der Waals surface area contributed by atoms with Gasteiger partial charge in [-0.15, -0.1) is 0 Å². The van der Waals surface area contributed by atoms with Gasteiger partial charge in [-0.1, -0.05) is 20.8 Å². The molecule has 2 saturated heterocycles. The van der Waals surface area contributed by atoms with Crippen molar-refractivity contribution in [2.75, 3.05) is 26.7 Å². The lowest BCUT2D eigenvalue weighted by Gasteiger charge is -2.52. The molecule has 7 heteroatoms. The van der Waals surface area contributed by atoms with Gasteiger partial charge < -0.3 is 14.9 Å². The number of hydrogen-bond acceptors (Lipinski definition) is 3. The van der Waals surface area contributed by atoms with Crippen molar-refractivity contribution in [3.63, 3.8) is 0 Å². The Morgan fingerprint density at radius 2 is 1.92 bits per heavy atom. The van der Waals surface area contributed by atoms with Gasteiger partial charge in [0.25, 0.3) is 5.91 Å². The number of nitrogens with zero attached hydrogens (tertiary/aromatic N) is 3. The third-order valence-corrected chi connectivity index (χ3v) is 5.87. The molecule has 3 rings (SSSR count). The van der Waals surface area contributed by atoms with E-state index in [1.165, 1.54) is 9.80 Å². The summed E-state index contributed by atoms with van der Waals surface area (Å²) in [6, 6.07) is -0.232. The number of urea groups is 1. The van der Waals surface area contributed by atoms with E-state index in [0.717, 1.165) is 12.8 Å². The summed E-state index contributed by atoms with van der Waals surface area (Å²) in [5.41, 5.74) is -1.20. The van der Waals surface area contributed by atoms with Crippen LogP contribution in [0.5, 0.6) is 0 Å². The number of piperidine rings is 1. The number of imide groups is 1. The molecule has 2 heterocycles. The summed E-state index contributed by atoms with van der Waals surface area (Å²) in [5.74, 6) is 0.0800. The lowest BCUT2D eigenvalue weighted by atomic mass is 9.64. The number of likely N-dealkylation sites (N-methyl/N-ethyl adjacent to an activating group) is 1. The molecule has 1 N–H and O–H groups in total. The van der Waals surface area contributed by atoms with Crippen molar-refractivity contribution >= 4 is 18.0 Å². The smallest absolute Gasteiger partial charge is 0.407 e. The van der Waals surface area contributed by atoms with Crippen LogP contribution in [0.3, 0.4) is 0 Å². The van der Waals surface area contributed by atoms with Crippen LogP contribution in [0.25, 0.3) is 0 Å². The minimum Gasteiger partial charge on any atom is -0.465 e. The van der Waals surface area contributed by atoms with E-state index in [1.54, 1.807) is 11.9 Å². The molecule has 2 aliphatic heterocycles. The van der Waals surface area contributed by atoms with Crippen molar-refractivity contribution in [3.05, 3.63) is 0 Å². The zero-order valence-corrected chi connectivity index (χ0v) is 14.9. The highest BCUT2D eigenvalue weighted by Crippen LogP contribution is 2.49. The van der Waals surface area contributed by atoms with E-state index < -0.39 is 11.6 Å². The zero-order chi connectivity index (χ0) is 17.9. The van der Waals surface area contributed by atoms with Gasteiger partial charge in [0.15, 0.2) is 0 Å². The van der Waals surface area contributed by atoms with Crippen LogP contribution >= 0.6 is 0 Å². The van der Waals surface area contributed by atoms with Crippen LogP contribution in [-0.4, -0.2) is 70.1 Å². The Balaban J connectivity index is 2.03. The first-order chi connectivity index (χ1) is 11.1. The van der Waals surface area contributed by atoms with Crippen LogP contribution in [0.15, 0.2) is 0 Å². The van der Waals surface area contributed by atoms with Gasteiger partial charge in [0.1, 0.15) is 5.54 Å². The molecule has 1 aliphatic carbocycles. The first-order valence-electron chi connectivity index (χ1n) is 8.66. The van der Waals surface area contributed by atoms with Gasteiger partial charge in [0.05, 0.1) is 0 Å². The van der Waals surface area contributed by atoms with Gasteiger partial charge in [0, 0.05) is 32.6 Å². The highest BCUT2D eigenvalue weighted by molar-refractivity contribution is 6.07. The number of carbonyl (C=O) groups excluding carboxylic acids is 2. The Hall–Kier alpha value is -1.79. The summed E-state index contributed by atoms with van der Waals surface area (Å²) in [7, 11) is 1.54. The predicted octanol–water partition coefficient (Wildman–Crippen LogP) is 2.08. The average Bonchev–Trinajstić information content (AvgIpc) is 3.30. The summed E-state index contributed by atoms with van der Waals surface area (Å²) in [5, 5.41) is 9.39. The van der Waals surface area contributed by atoms with E-state index in [0.29, 0.717) is 18.9 Å². The van der Waals surface area contributed by atoms with Crippen molar-refractivity contribution in [3.8, 4) is 0 Å². The Bertz CT molecular complexity index is 581. The second-order valence-corrected chi connectivity index (χ2v) is 8.52. The monoisotopic (exact) mass is 337 g/mol. The maximum absolute atomic E-state index is 13.1. The molecule has 0 aromatic rings. The fourth-order valence-electron chi connectivity index (χ4n) is 4.33. The number of amides is 4. The predicted molar refractivity (Wildman–Crippen MR) is 87.5 cm³/mol. The van der Waals surface area contributed by atoms with E-state index in [4.69, 9.17) is 0 Å². The first-order valence-corrected chi connectivity index (χ1v) is 8.66. The maximum Gasteiger partial charge on any atom is 0.407 e. The Labute approximate surface area is 142 Å². The van der Waals surface area contributed by atoms with Crippen LogP contribution in [0.4, 0.5) is 9.59 Å². The van der Waals surface area contributed by atoms with E-state index in [1.807, 2.05) is 20.8 Å². The van der Waals surface area contributed by atoms with Gasteiger partial charge in [-0.25, -0.2) is 9.59 Å². The molecule has 0 radical (unpaired) electrons. The normalized spacial score (nSPS) is 31.3. The minimum atomic E-state index is -0.960. The third-order valence-electron chi connectivity index (χ3n) is 5.87. The Morgan fingerprint density at radius 1 is 1.29 bits per heavy atom. The molecule has 7 nitrogen and oxygen atoms in total. The quantitative estimate of drug-likeness (QED) is 0.782. The summed E-state index contributed by atoms with van der Waals surface area (Å²) in [6.45, 7) is 7.25. The largest absolute Gasteiger partial charge is 0.465 e. The van der Waals surface area contributed by atoms with Crippen LogP contribution in [-0.2, 0) is 4.79 Å². The second kappa shape index (κ2) is 5.36. The van der Waals surface area contributed by atoms with Crippen molar-refractivity contribution < 1.29 is 19.5 Å². The van der Waals surface area contributed by atoms with Gasteiger partial charge in [-0.3, -0.25) is 9.69 Å². The molecular weight excluding hydrogens is 310 g/mol.